The number of nitrogens with one attached hydrogen (secondary N) is 1. The Morgan fingerprint density at radius 2 is 1.83 bits per heavy atom. The van der Waals surface area contributed by atoms with E-state index in [1.54, 1.807) is 0 Å². The molecule has 7 heteroatoms. The minimum atomic E-state index is -2.90. The number of aliphatic imine (C=N–C) groups is 1. The zero-order valence-corrected chi connectivity index (χ0v) is 10.7. The molecule has 18 heavy (non-hydrogen) atoms. The van der Waals surface area contributed by atoms with Crippen LogP contribution in [0.2, 0.25) is 0 Å². The fourth-order valence-electron chi connectivity index (χ4n) is 1.74. The van der Waals surface area contributed by atoms with Gasteiger partial charge in [0.05, 0.1) is 17.2 Å². The van der Waals surface area contributed by atoms with E-state index in [-0.39, 0.29) is 11.5 Å². The van der Waals surface area contributed by atoms with Crippen LogP contribution in [0.4, 0.5) is 5.69 Å². The van der Waals surface area contributed by atoms with Crippen LogP contribution in [0.1, 0.15) is 0 Å². The van der Waals surface area contributed by atoms with Gasteiger partial charge in [-0.25, -0.2) is 19.3 Å². The van der Waals surface area contributed by atoms with Crippen molar-refractivity contribution >= 4 is 21.5 Å². The van der Waals surface area contributed by atoms with Crippen molar-refractivity contribution in [3.63, 3.8) is 0 Å². The van der Waals surface area contributed by atoms with Crippen LogP contribution in [0, 0.1) is 0 Å². The highest BCUT2D eigenvalue weighted by Gasteiger charge is 2.23. The average Bonchev–Trinajstić information content (AvgIpc) is 2.38. The second-order valence-electron chi connectivity index (χ2n) is 4.05. The molecule has 0 bridgehead atoms. The first kappa shape index (κ1) is 12.8. The summed E-state index contributed by atoms with van der Waals surface area (Å²) in [7, 11) is -2.90. The van der Waals surface area contributed by atoms with Gasteiger partial charge in [-0.05, 0) is 12.1 Å². The van der Waals surface area contributed by atoms with E-state index in [0.717, 1.165) is 5.69 Å². The van der Waals surface area contributed by atoms with Crippen molar-refractivity contribution in [1.29, 1.82) is 0 Å². The van der Waals surface area contributed by atoms with Crippen LogP contribution in [0.5, 0.6) is 0 Å². The fraction of sp³-hybridized carbons (Fsp3) is 0.364. The van der Waals surface area contributed by atoms with E-state index < -0.39 is 9.84 Å². The molecule has 0 amide bonds. The predicted molar refractivity (Wildman–Crippen MR) is 71.1 cm³/mol. The van der Waals surface area contributed by atoms with Crippen LogP contribution < -0.4 is 11.3 Å². The topological polar surface area (TPSA) is 87.8 Å². The molecule has 0 aromatic heterocycles. The molecule has 6 nitrogen and oxygen atoms in total. The molecular weight excluding hydrogens is 252 g/mol. The van der Waals surface area contributed by atoms with Crippen LogP contribution in [-0.2, 0) is 9.84 Å². The van der Waals surface area contributed by atoms with Gasteiger partial charge < -0.3 is 4.90 Å². The van der Waals surface area contributed by atoms with Gasteiger partial charge in [-0.1, -0.05) is 18.2 Å². The number of sulfone groups is 1. The third-order valence-corrected chi connectivity index (χ3v) is 4.37. The van der Waals surface area contributed by atoms with Gasteiger partial charge in [0, 0.05) is 13.1 Å². The van der Waals surface area contributed by atoms with Crippen molar-refractivity contribution in [2.24, 2.45) is 10.8 Å². The maximum Gasteiger partial charge on any atom is 0.213 e. The third kappa shape index (κ3) is 3.21. The number of nitrogens with two attached hydrogens (primary N) is 1. The van der Waals surface area contributed by atoms with Gasteiger partial charge in [0.15, 0.2) is 9.84 Å². The molecule has 0 aliphatic carbocycles. The van der Waals surface area contributed by atoms with E-state index in [1.165, 1.54) is 0 Å². The molecule has 1 aromatic rings. The Hall–Kier alpha value is -1.60. The molecule has 1 aromatic carbocycles. The first-order chi connectivity index (χ1) is 8.61. The molecule has 0 spiro atoms. The van der Waals surface area contributed by atoms with Crippen LogP contribution in [0.3, 0.4) is 0 Å². The highest BCUT2D eigenvalue weighted by molar-refractivity contribution is 7.91. The Bertz CT molecular complexity index is 513. The molecular formula is C11H16N4O2S. The second-order valence-corrected chi connectivity index (χ2v) is 6.36. The van der Waals surface area contributed by atoms with Gasteiger partial charge in [0.1, 0.15) is 0 Å². The summed E-state index contributed by atoms with van der Waals surface area (Å²) in [5, 5.41) is 0. The molecule has 0 radical (unpaired) electrons. The van der Waals surface area contributed by atoms with Gasteiger partial charge in [-0.3, -0.25) is 5.43 Å². The van der Waals surface area contributed by atoms with Crippen LogP contribution >= 0.6 is 0 Å². The summed E-state index contributed by atoms with van der Waals surface area (Å²) in [5.41, 5.74) is 3.31. The van der Waals surface area contributed by atoms with Crippen LogP contribution in [0.15, 0.2) is 35.3 Å². The number of rotatable bonds is 1. The number of guanidine groups is 1. The summed E-state index contributed by atoms with van der Waals surface area (Å²) in [6.07, 6.45) is 0. The average molecular weight is 268 g/mol. The molecule has 1 aliphatic rings. The maximum absolute atomic E-state index is 11.3. The first-order valence-electron chi connectivity index (χ1n) is 5.66. The van der Waals surface area contributed by atoms with E-state index >= 15 is 0 Å². The van der Waals surface area contributed by atoms with Gasteiger partial charge in [0.25, 0.3) is 0 Å². The summed E-state index contributed by atoms with van der Waals surface area (Å²) >= 11 is 0. The Labute approximate surface area is 106 Å². The Kier molecular flexibility index (Phi) is 3.83. The Balaban J connectivity index is 2.13. The van der Waals surface area contributed by atoms with Gasteiger partial charge >= 0.3 is 0 Å². The summed E-state index contributed by atoms with van der Waals surface area (Å²) in [6, 6.07) is 9.39. The van der Waals surface area contributed by atoms with Crippen LogP contribution in [0.25, 0.3) is 0 Å². The first-order valence-corrected chi connectivity index (χ1v) is 7.48. The maximum atomic E-state index is 11.3. The lowest BCUT2D eigenvalue weighted by Gasteiger charge is -2.28. The molecule has 1 saturated heterocycles. The number of para-hydroxylation sites is 1. The van der Waals surface area contributed by atoms with Crippen molar-refractivity contribution in [3.8, 4) is 0 Å². The summed E-state index contributed by atoms with van der Waals surface area (Å²) in [4.78, 5) is 6.20. The van der Waals surface area contributed by atoms with E-state index in [4.69, 9.17) is 5.84 Å². The largest absolute Gasteiger partial charge is 0.340 e. The lowest BCUT2D eigenvalue weighted by atomic mass is 10.3. The molecule has 1 aliphatic heterocycles. The highest BCUT2D eigenvalue weighted by atomic mass is 32.2. The van der Waals surface area contributed by atoms with Crippen molar-refractivity contribution < 1.29 is 8.42 Å². The standard InChI is InChI=1S/C11H16N4O2S/c12-14-11(13-10-4-2-1-3-5-10)15-6-8-18(16,17)9-7-15/h1-5H,6-9,12H2,(H,13,14). The zero-order valence-electron chi connectivity index (χ0n) is 9.91. The summed E-state index contributed by atoms with van der Waals surface area (Å²) in [5.74, 6) is 6.23. The molecule has 98 valence electrons. The quantitative estimate of drug-likeness (QED) is 0.320. The number of benzene rings is 1. The molecule has 0 unspecified atom stereocenters. The third-order valence-electron chi connectivity index (χ3n) is 2.76. The lowest BCUT2D eigenvalue weighted by molar-refractivity contribution is 0.428. The van der Waals surface area contributed by atoms with Crippen molar-refractivity contribution in [2.75, 3.05) is 24.6 Å². The number of nitrogens with zero attached hydrogens (tertiary/aromatic N) is 2. The monoisotopic (exact) mass is 268 g/mol. The lowest BCUT2D eigenvalue weighted by Crippen LogP contribution is -2.50. The van der Waals surface area contributed by atoms with E-state index in [1.807, 2.05) is 35.2 Å². The van der Waals surface area contributed by atoms with Crippen molar-refractivity contribution in [1.82, 2.24) is 10.3 Å². The smallest absolute Gasteiger partial charge is 0.213 e. The molecule has 1 fully saturated rings. The van der Waals surface area contributed by atoms with E-state index in [2.05, 4.69) is 10.4 Å². The molecule has 0 atom stereocenters. The molecule has 0 saturated carbocycles. The van der Waals surface area contributed by atoms with Gasteiger partial charge in [0.2, 0.25) is 5.96 Å². The number of hydrogen-bond acceptors (Lipinski definition) is 4. The normalized spacial score (nSPS) is 19.6. The molecule has 1 heterocycles. The van der Waals surface area contributed by atoms with Gasteiger partial charge in [-0.2, -0.15) is 0 Å². The Morgan fingerprint density at radius 1 is 1.22 bits per heavy atom. The minimum Gasteiger partial charge on any atom is -0.340 e. The number of hydrogen-bond donors (Lipinski definition) is 2. The molecule has 2 rings (SSSR count). The zero-order chi connectivity index (χ0) is 13.0. The summed E-state index contributed by atoms with van der Waals surface area (Å²) < 4.78 is 22.7. The number of hydrazine groups is 1. The van der Waals surface area contributed by atoms with Crippen LogP contribution in [-0.4, -0.2) is 43.9 Å². The van der Waals surface area contributed by atoms with E-state index in [9.17, 15) is 8.42 Å². The van der Waals surface area contributed by atoms with Crippen molar-refractivity contribution in [2.45, 2.75) is 0 Å². The highest BCUT2D eigenvalue weighted by Crippen LogP contribution is 2.12. The van der Waals surface area contributed by atoms with Gasteiger partial charge in [-0.15, -0.1) is 0 Å². The molecule has 3 N–H and O–H groups in total. The summed E-state index contributed by atoms with van der Waals surface area (Å²) in [6.45, 7) is 0.830. The van der Waals surface area contributed by atoms with Crippen molar-refractivity contribution in [3.05, 3.63) is 30.3 Å². The SMILES string of the molecule is NNC(=Nc1ccccc1)N1CCS(=O)(=O)CC1. The fourth-order valence-corrected chi connectivity index (χ4v) is 2.94. The second kappa shape index (κ2) is 5.36. The minimum absolute atomic E-state index is 0.141. The Morgan fingerprint density at radius 3 is 2.39 bits per heavy atom. The van der Waals surface area contributed by atoms with E-state index in [0.29, 0.717) is 19.0 Å². The predicted octanol–water partition coefficient (Wildman–Crippen LogP) is -0.132.